The third kappa shape index (κ3) is 6.00. The molecule has 0 bridgehead atoms. The maximum atomic E-state index is 12.3. The van der Waals surface area contributed by atoms with Gasteiger partial charge < -0.3 is 9.84 Å². The smallest absolute Gasteiger partial charge is 0.211 e. The van der Waals surface area contributed by atoms with Gasteiger partial charge in [0.2, 0.25) is 10.0 Å². The van der Waals surface area contributed by atoms with E-state index in [-0.39, 0.29) is 6.61 Å². The summed E-state index contributed by atoms with van der Waals surface area (Å²) in [6, 6.07) is 5.59. The van der Waals surface area contributed by atoms with Crippen LogP contribution in [0.3, 0.4) is 0 Å². The Morgan fingerprint density at radius 3 is 2.74 bits per heavy atom. The van der Waals surface area contributed by atoms with E-state index in [0.29, 0.717) is 36.5 Å². The lowest BCUT2D eigenvalue weighted by molar-refractivity contribution is 0.0368. The Balaban J connectivity index is 1.64. The topological polar surface area (TPSA) is 87.9 Å². The first kappa shape index (κ1) is 25.2. The van der Waals surface area contributed by atoms with Crippen molar-refractivity contribution in [1.29, 1.82) is 0 Å². The van der Waals surface area contributed by atoms with E-state index >= 15 is 0 Å². The van der Waals surface area contributed by atoms with Crippen molar-refractivity contribution in [2.45, 2.75) is 32.4 Å². The summed E-state index contributed by atoms with van der Waals surface area (Å²) in [7, 11) is -3.31. The molecule has 0 atom stereocenters. The van der Waals surface area contributed by atoms with Crippen molar-refractivity contribution in [2.24, 2.45) is 0 Å². The number of aliphatic hydroxyl groups is 1. The molecule has 0 radical (unpaired) electrons. The van der Waals surface area contributed by atoms with Gasteiger partial charge in [0, 0.05) is 74.5 Å². The fourth-order valence-corrected chi connectivity index (χ4v) is 5.37. The first-order chi connectivity index (χ1) is 16.4. The second-order valence-electron chi connectivity index (χ2n) is 8.62. The van der Waals surface area contributed by atoms with Gasteiger partial charge in [-0.15, -0.1) is 0 Å². The van der Waals surface area contributed by atoms with Crippen LogP contribution in [-0.2, 0) is 34.3 Å². The lowest BCUT2D eigenvalue weighted by Crippen LogP contribution is -2.37. The average Bonchev–Trinajstić information content (AvgIpc) is 3.18. The highest BCUT2D eigenvalue weighted by Crippen LogP contribution is 2.33. The summed E-state index contributed by atoms with van der Waals surface area (Å²) in [5.74, 6) is 5.93. The van der Waals surface area contributed by atoms with Gasteiger partial charge in [0.05, 0.1) is 36.8 Å². The summed E-state index contributed by atoms with van der Waals surface area (Å²) in [6.07, 6.45) is 3.21. The third-order valence-electron chi connectivity index (χ3n) is 6.22. The van der Waals surface area contributed by atoms with Crippen LogP contribution in [0.5, 0.6) is 0 Å². The molecule has 3 heterocycles. The zero-order valence-corrected chi connectivity index (χ0v) is 21.0. The van der Waals surface area contributed by atoms with Crippen molar-refractivity contribution >= 4 is 21.6 Å². The summed E-state index contributed by atoms with van der Waals surface area (Å²) in [5, 5.41) is 14.5. The van der Waals surface area contributed by atoms with Crippen molar-refractivity contribution in [2.75, 3.05) is 52.3 Å². The SMILES string of the molecule is CS(=O)(=O)N1CCc2c(c(-c3ccc(Cl)c(C#CCCO)c3)nn2CCCN2CCOCC2)C1. The summed E-state index contributed by atoms with van der Waals surface area (Å²) < 4.78 is 33.5. The van der Waals surface area contributed by atoms with E-state index in [1.165, 1.54) is 10.6 Å². The number of nitrogens with zero attached hydrogens (tertiary/aromatic N) is 4. The molecule has 1 aromatic carbocycles. The second-order valence-corrected chi connectivity index (χ2v) is 11.0. The number of aryl methyl sites for hydroxylation is 1. The second kappa shape index (κ2) is 11.2. The zero-order valence-electron chi connectivity index (χ0n) is 19.5. The van der Waals surface area contributed by atoms with E-state index in [4.69, 9.17) is 26.5 Å². The number of ether oxygens (including phenoxy) is 1. The average molecular weight is 507 g/mol. The van der Waals surface area contributed by atoms with E-state index in [0.717, 1.165) is 68.3 Å². The van der Waals surface area contributed by atoms with E-state index < -0.39 is 10.0 Å². The number of aliphatic hydroxyl groups excluding tert-OH is 1. The highest BCUT2D eigenvalue weighted by Gasteiger charge is 2.29. The van der Waals surface area contributed by atoms with Crippen molar-refractivity contribution in [1.82, 2.24) is 19.0 Å². The minimum atomic E-state index is -3.31. The number of hydrogen-bond acceptors (Lipinski definition) is 6. The minimum absolute atomic E-state index is 0.00595. The summed E-state index contributed by atoms with van der Waals surface area (Å²) >= 11 is 6.34. The predicted molar refractivity (Wildman–Crippen MR) is 132 cm³/mol. The number of aromatic nitrogens is 2. The predicted octanol–water partition coefficient (Wildman–Crippen LogP) is 1.98. The number of sulfonamides is 1. The van der Waals surface area contributed by atoms with Crippen LogP contribution in [0, 0.1) is 11.8 Å². The first-order valence-electron chi connectivity index (χ1n) is 11.6. The Hall–Kier alpha value is -1.93. The Morgan fingerprint density at radius 2 is 2.00 bits per heavy atom. The molecule has 0 unspecified atom stereocenters. The third-order valence-corrected chi connectivity index (χ3v) is 7.79. The Kier molecular flexibility index (Phi) is 8.30. The van der Waals surface area contributed by atoms with E-state index in [9.17, 15) is 8.42 Å². The maximum absolute atomic E-state index is 12.3. The highest BCUT2D eigenvalue weighted by molar-refractivity contribution is 7.88. The van der Waals surface area contributed by atoms with Gasteiger partial charge in [-0.1, -0.05) is 29.5 Å². The molecule has 8 nitrogen and oxygen atoms in total. The number of hydrogen-bond donors (Lipinski definition) is 1. The normalized spacial score (nSPS) is 17.3. The molecule has 34 heavy (non-hydrogen) atoms. The molecule has 2 aromatic rings. The van der Waals surface area contributed by atoms with Crippen LogP contribution in [0.1, 0.15) is 29.7 Å². The number of rotatable bonds is 7. The van der Waals surface area contributed by atoms with Crippen LogP contribution in [-0.4, -0.2) is 84.8 Å². The number of benzene rings is 1. The van der Waals surface area contributed by atoms with E-state index in [1.54, 1.807) is 6.07 Å². The zero-order chi connectivity index (χ0) is 24.1. The quantitative estimate of drug-likeness (QED) is 0.578. The van der Waals surface area contributed by atoms with Crippen LogP contribution < -0.4 is 0 Å². The Morgan fingerprint density at radius 1 is 1.21 bits per heavy atom. The van der Waals surface area contributed by atoms with Crippen LogP contribution in [0.15, 0.2) is 18.2 Å². The first-order valence-corrected chi connectivity index (χ1v) is 13.8. The molecular weight excluding hydrogens is 476 g/mol. The maximum Gasteiger partial charge on any atom is 0.211 e. The van der Waals surface area contributed by atoms with Gasteiger partial charge in [-0.2, -0.15) is 9.40 Å². The van der Waals surface area contributed by atoms with Gasteiger partial charge in [-0.25, -0.2) is 8.42 Å². The van der Waals surface area contributed by atoms with Crippen LogP contribution in [0.25, 0.3) is 11.3 Å². The van der Waals surface area contributed by atoms with Crippen molar-refractivity contribution in [3.05, 3.63) is 40.0 Å². The molecule has 1 fully saturated rings. The molecule has 0 saturated carbocycles. The highest BCUT2D eigenvalue weighted by atomic mass is 35.5. The van der Waals surface area contributed by atoms with Crippen molar-refractivity contribution < 1.29 is 18.3 Å². The molecule has 1 aromatic heterocycles. The molecule has 2 aliphatic rings. The summed E-state index contributed by atoms with van der Waals surface area (Å²) in [4.78, 5) is 2.41. The monoisotopic (exact) mass is 506 g/mol. The largest absolute Gasteiger partial charge is 0.395 e. The van der Waals surface area contributed by atoms with Gasteiger partial charge >= 0.3 is 0 Å². The van der Waals surface area contributed by atoms with Gasteiger partial charge in [0.1, 0.15) is 0 Å². The minimum Gasteiger partial charge on any atom is -0.395 e. The summed E-state index contributed by atoms with van der Waals surface area (Å²) in [6.45, 7) is 5.98. The summed E-state index contributed by atoms with van der Waals surface area (Å²) in [5.41, 5.74) is 4.34. The van der Waals surface area contributed by atoms with Gasteiger partial charge in [-0.05, 0) is 18.6 Å². The van der Waals surface area contributed by atoms with Crippen LogP contribution in [0.2, 0.25) is 5.02 Å². The van der Waals surface area contributed by atoms with Gasteiger partial charge in [0.15, 0.2) is 0 Å². The molecule has 2 aliphatic heterocycles. The molecule has 1 N–H and O–H groups in total. The number of morpholine rings is 1. The lowest BCUT2D eigenvalue weighted by atomic mass is 10.0. The fourth-order valence-electron chi connectivity index (χ4n) is 4.42. The van der Waals surface area contributed by atoms with Crippen molar-refractivity contribution in [3.63, 3.8) is 0 Å². The fraction of sp³-hybridized carbons (Fsp3) is 0.542. The lowest BCUT2D eigenvalue weighted by Gasteiger charge is -2.27. The standard InChI is InChI=1S/C24H31ClN4O4S/c1-34(31,32)28-11-8-23-21(18-28)24(20-6-7-22(25)19(17-20)5-2-3-14-30)26-29(23)10-4-9-27-12-15-33-16-13-27/h6-7,17,30H,3-4,8-16,18H2,1H3. The molecule has 4 rings (SSSR count). The number of fused-ring (bicyclic) bond motifs is 1. The molecule has 0 spiro atoms. The van der Waals surface area contributed by atoms with Gasteiger partial charge in [0.25, 0.3) is 0 Å². The molecular formula is C24H31ClN4O4S. The van der Waals surface area contributed by atoms with Crippen LogP contribution >= 0.6 is 11.6 Å². The molecule has 0 aliphatic carbocycles. The van der Waals surface area contributed by atoms with E-state index in [2.05, 4.69) is 21.4 Å². The molecule has 184 valence electrons. The van der Waals surface area contributed by atoms with E-state index in [1.807, 2.05) is 12.1 Å². The van der Waals surface area contributed by atoms with Crippen LogP contribution in [0.4, 0.5) is 0 Å². The Bertz CT molecular complexity index is 1180. The number of halogens is 1. The van der Waals surface area contributed by atoms with Gasteiger partial charge in [-0.3, -0.25) is 9.58 Å². The van der Waals surface area contributed by atoms with Crippen molar-refractivity contribution in [3.8, 4) is 23.1 Å². The molecule has 0 amide bonds. The molecule has 1 saturated heterocycles. The molecule has 10 heteroatoms. The Labute approximate surface area is 206 Å².